The number of rotatable bonds is 5. The van der Waals surface area contributed by atoms with E-state index in [9.17, 15) is 0 Å². The molecule has 19 heavy (non-hydrogen) atoms. The molecule has 0 aromatic carbocycles. The molecule has 1 N–H and O–H groups in total. The van der Waals surface area contributed by atoms with Crippen molar-refractivity contribution in [1.82, 2.24) is 19.9 Å². The zero-order valence-electron chi connectivity index (χ0n) is 11.6. The molecule has 2 rings (SSSR count). The number of nitrogens with zero attached hydrogens (tertiary/aromatic N) is 4. The van der Waals surface area contributed by atoms with Gasteiger partial charge in [-0.3, -0.25) is 9.97 Å². The van der Waals surface area contributed by atoms with Crippen molar-refractivity contribution in [3.8, 4) is 11.4 Å². The zero-order valence-corrected chi connectivity index (χ0v) is 11.6. The van der Waals surface area contributed by atoms with E-state index in [1.807, 2.05) is 6.07 Å². The smallest absolute Gasteiger partial charge is 0.134 e. The average molecular weight is 257 g/mol. The SMILES string of the molecule is CCCNc1cc(-c2cnccn2)nc(C(C)C)n1. The van der Waals surface area contributed by atoms with Crippen molar-refractivity contribution >= 4 is 5.82 Å². The van der Waals surface area contributed by atoms with E-state index in [0.29, 0.717) is 0 Å². The Kier molecular flexibility index (Phi) is 4.39. The lowest BCUT2D eigenvalue weighted by Crippen LogP contribution is -2.07. The summed E-state index contributed by atoms with van der Waals surface area (Å²) in [5, 5.41) is 3.30. The predicted octanol–water partition coefficient (Wildman–Crippen LogP) is 2.88. The first-order valence-electron chi connectivity index (χ1n) is 6.60. The summed E-state index contributed by atoms with van der Waals surface area (Å²) in [5.74, 6) is 1.95. The third kappa shape index (κ3) is 3.47. The molecule has 0 saturated heterocycles. The molecule has 0 saturated carbocycles. The van der Waals surface area contributed by atoms with E-state index in [-0.39, 0.29) is 5.92 Å². The van der Waals surface area contributed by atoms with E-state index in [4.69, 9.17) is 0 Å². The summed E-state index contributed by atoms with van der Waals surface area (Å²) >= 11 is 0. The molecule has 0 aliphatic rings. The van der Waals surface area contributed by atoms with Crippen LogP contribution in [-0.4, -0.2) is 26.5 Å². The fraction of sp³-hybridized carbons (Fsp3) is 0.429. The molecule has 5 heteroatoms. The van der Waals surface area contributed by atoms with Crippen LogP contribution in [0.25, 0.3) is 11.4 Å². The molecule has 2 heterocycles. The predicted molar refractivity (Wildman–Crippen MR) is 75.9 cm³/mol. The highest BCUT2D eigenvalue weighted by Gasteiger charge is 2.10. The Balaban J connectivity index is 2.39. The van der Waals surface area contributed by atoms with Crippen LogP contribution in [0.3, 0.4) is 0 Å². The molecule has 5 nitrogen and oxygen atoms in total. The lowest BCUT2D eigenvalue weighted by Gasteiger charge is -2.10. The molecule has 0 unspecified atom stereocenters. The highest BCUT2D eigenvalue weighted by Crippen LogP contribution is 2.20. The lowest BCUT2D eigenvalue weighted by molar-refractivity contribution is 0.774. The Hall–Kier alpha value is -2.04. The Morgan fingerprint density at radius 2 is 2.00 bits per heavy atom. The number of hydrogen-bond acceptors (Lipinski definition) is 5. The van der Waals surface area contributed by atoms with Crippen molar-refractivity contribution in [2.75, 3.05) is 11.9 Å². The van der Waals surface area contributed by atoms with Crippen molar-refractivity contribution in [2.45, 2.75) is 33.1 Å². The molecule has 0 aliphatic heterocycles. The summed E-state index contributed by atoms with van der Waals surface area (Å²) in [6.45, 7) is 7.19. The van der Waals surface area contributed by atoms with Crippen LogP contribution in [0.5, 0.6) is 0 Å². The third-order valence-corrected chi connectivity index (χ3v) is 2.64. The Morgan fingerprint density at radius 1 is 1.16 bits per heavy atom. The summed E-state index contributed by atoms with van der Waals surface area (Å²) in [6, 6.07) is 1.92. The van der Waals surface area contributed by atoms with E-state index in [1.54, 1.807) is 18.6 Å². The zero-order chi connectivity index (χ0) is 13.7. The van der Waals surface area contributed by atoms with Gasteiger partial charge in [0.15, 0.2) is 0 Å². The summed E-state index contributed by atoms with van der Waals surface area (Å²) in [7, 11) is 0. The van der Waals surface area contributed by atoms with Gasteiger partial charge in [-0.05, 0) is 6.42 Å². The van der Waals surface area contributed by atoms with E-state index < -0.39 is 0 Å². The first kappa shape index (κ1) is 13.4. The van der Waals surface area contributed by atoms with Crippen LogP contribution in [0, 0.1) is 0 Å². The minimum atomic E-state index is 0.277. The Labute approximate surface area is 113 Å². The molecule has 0 spiro atoms. The van der Waals surface area contributed by atoms with Crippen molar-refractivity contribution in [1.29, 1.82) is 0 Å². The van der Waals surface area contributed by atoms with Crippen LogP contribution in [-0.2, 0) is 0 Å². The topological polar surface area (TPSA) is 63.6 Å². The summed E-state index contributed by atoms with van der Waals surface area (Å²) in [4.78, 5) is 17.5. The Morgan fingerprint density at radius 3 is 2.63 bits per heavy atom. The summed E-state index contributed by atoms with van der Waals surface area (Å²) in [5.41, 5.74) is 1.58. The van der Waals surface area contributed by atoms with Crippen LogP contribution >= 0.6 is 0 Å². The molecule has 0 fully saturated rings. The van der Waals surface area contributed by atoms with Crippen LogP contribution in [0.15, 0.2) is 24.7 Å². The average Bonchev–Trinajstić information content (AvgIpc) is 2.45. The van der Waals surface area contributed by atoms with Crippen molar-refractivity contribution in [3.05, 3.63) is 30.5 Å². The molecule has 2 aromatic heterocycles. The van der Waals surface area contributed by atoms with E-state index in [1.165, 1.54) is 0 Å². The van der Waals surface area contributed by atoms with Crippen molar-refractivity contribution in [3.63, 3.8) is 0 Å². The number of anilines is 1. The number of hydrogen-bond donors (Lipinski definition) is 1. The van der Waals surface area contributed by atoms with Gasteiger partial charge in [0.25, 0.3) is 0 Å². The molecule has 0 radical (unpaired) electrons. The van der Waals surface area contributed by atoms with Gasteiger partial charge in [0, 0.05) is 30.9 Å². The first-order valence-corrected chi connectivity index (χ1v) is 6.60. The fourth-order valence-corrected chi connectivity index (χ4v) is 1.63. The van der Waals surface area contributed by atoms with Crippen LogP contribution in [0.4, 0.5) is 5.82 Å². The van der Waals surface area contributed by atoms with Gasteiger partial charge in [0.05, 0.1) is 11.9 Å². The van der Waals surface area contributed by atoms with Gasteiger partial charge < -0.3 is 5.32 Å². The molecule has 0 bridgehead atoms. The normalized spacial score (nSPS) is 10.7. The molecule has 100 valence electrons. The maximum absolute atomic E-state index is 4.56. The van der Waals surface area contributed by atoms with Gasteiger partial charge in [0.2, 0.25) is 0 Å². The molecule has 0 atom stereocenters. The minimum Gasteiger partial charge on any atom is -0.370 e. The standard InChI is InChI=1S/C14H19N5/c1-4-5-17-13-8-11(12-9-15-6-7-16-12)18-14(19-13)10(2)3/h6-10H,4-5H2,1-3H3,(H,17,18,19). The monoisotopic (exact) mass is 257 g/mol. The highest BCUT2D eigenvalue weighted by atomic mass is 15.0. The highest BCUT2D eigenvalue weighted by molar-refractivity contribution is 5.57. The van der Waals surface area contributed by atoms with Gasteiger partial charge in [0.1, 0.15) is 17.3 Å². The minimum absolute atomic E-state index is 0.277. The van der Waals surface area contributed by atoms with Crippen LogP contribution in [0.2, 0.25) is 0 Å². The second-order valence-electron chi connectivity index (χ2n) is 4.67. The van der Waals surface area contributed by atoms with Crippen LogP contribution in [0.1, 0.15) is 38.9 Å². The molecule has 0 aliphatic carbocycles. The Bertz CT molecular complexity index is 525. The van der Waals surface area contributed by atoms with Crippen LogP contribution < -0.4 is 5.32 Å². The molecule has 0 amide bonds. The third-order valence-electron chi connectivity index (χ3n) is 2.64. The second kappa shape index (κ2) is 6.22. The van der Waals surface area contributed by atoms with Gasteiger partial charge in [-0.25, -0.2) is 9.97 Å². The maximum Gasteiger partial charge on any atom is 0.134 e. The fourth-order valence-electron chi connectivity index (χ4n) is 1.63. The largest absolute Gasteiger partial charge is 0.370 e. The van der Waals surface area contributed by atoms with Gasteiger partial charge in [-0.15, -0.1) is 0 Å². The lowest BCUT2D eigenvalue weighted by atomic mass is 10.2. The van der Waals surface area contributed by atoms with Gasteiger partial charge in [-0.2, -0.15) is 0 Å². The van der Waals surface area contributed by atoms with E-state index >= 15 is 0 Å². The molecular formula is C14H19N5. The summed E-state index contributed by atoms with van der Waals surface area (Å²) < 4.78 is 0. The van der Waals surface area contributed by atoms with Crippen molar-refractivity contribution < 1.29 is 0 Å². The first-order chi connectivity index (χ1) is 9.20. The molecular weight excluding hydrogens is 238 g/mol. The maximum atomic E-state index is 4.56. The van der Waals surface area contributed by atoms with E-state index in [2.05, 4.69) is 46.0 Å². The quantitative estimate of drug-likeness (QED) is 0.892. The van der Waals surface area contributed by atoms with E-state index in [0.717, 1.165) is 36.0 Å². The number of nitrogens with one attached hydrogen (secondary N) is 1. The van der Waals surface area contributed by atoms with Gasteiger partial charge >= 0.3 is 0 Å². The second-order valence-corrected chi connectivity index (χ2v) is 4.67. The van der Waals surface area contributed by atoms with Gasteiger partial charge in [-0.1, -0.05) is 20.8 Å². The van der Waals surface area contributed by atoms with Crippen molar-refractivity contribution in [2.24, 2.45) is 0 Å². The molecule has 2 aromatic rings. The number of aromatic nitrogens is 4. The summed E-state index contributed by atoms with van der Waals surface area (Å²) in [6.07, 6.45) is 6.10.